The summed E-state index contributed by atoms with van der Waals surface area (Å²) in [5, 5.41) is 5.81. The minimum absolute atomic E-state index is 0.0154. The minimum atomic E-state index is -3.04. The summed E-state index contributed by atoms with van der Waals surface area (Å²) in [5.41, 5.74) is 1.39. The van der Waals surface area contributed by atoms with E-state index in [2.05, 4.69) is 10.6 Å². The van der Waals surface area contributed by atoms with Crippen molar-refractivity contribution in [2.75, 3.05) is 11.6 Å². The number of carbonyl (C=O) groups excluding carboxylic acids is 1. The molecule has 0 bridgehead atoms. The highest BCUT2D eigenvalue weighted by atomic mass is 32.2. The van der Waals surface area contributed by atoms with Crippen LogP contribution in [0.3, 0.4) is 0 Å². The van der Waals surface area contributed by atoms with Gasteiger partial charge in [-0.25, -0.2) is 13.2 Å². The Balaban J connectivity index is 1.85. The summed E-state index contributed by atoms with van der Waals surface area (Å²) in [6, 6.07) is 6.97. The van der Waals surface area contributed by atoms with Crippen molar-refractivity contribution in [3.8, 4) is 0 Å². The molecule has 1 fully saturated rings. The number of urea groups is 1. The summed E-state index contributed by atoms with van der Waals surface area (Å²) < 4.78 is 22.5. The van der Waals surface area contributed by atoms with E-state index in [0.717, 1.165) is 18.4 Å². The van der Waals surface area contributed by atoms with Crippen LogP contribution in [0.1, 0.15) is 44.1 Å². The molecule has 6 heteroatoms. The first kappa shape index (κ1) is 16.8. The molecule has 2 amide bonds. The molecule has 1 aromatic rings. The van der Waals surface area contributed by atoms with E-state index >= 15 is 0 Å². The van der Waals surface area contributed by atoms with Crippen LogP contribution >= 0.6 is 0 Å². The second-order valence-corrected chi connectivity index (χ2v) is 8.19. The molecule has 2 rings (SSSR count). The normalized spacial score (nSPS) is 16.8. The molecule has 0 aromatic heterocycles. The molecule has 0 atom stereocenters. The predicted molar refractivity (Wildman–Crippen MR) is 88.6 cm³/mol. The molecule has 5 nitrogen and oxygen atoms in total. The molecule has 0 heterocycles. The van der Waals surface area contributed by atoms with Crippen molar-refractivity contribution >= 4 is 21.6 Å². The first-order valence-electron chi connectivity index (χ1n) is 7.76. The van der Waals surface area contributed by atoms with Crippen LogP contribution in [0.2, 0.25) is 0 Å². The minimum Gasteiger partial charge on any atom is -0.335 e. The number of nitrogens with one attached hydrogen (secondary N) is 2. The Hall–Kier alpha value is -1.56. The smallest absolute Gasteiger partial charge is 0.319 e. The fourth-order valence-electron chi connectivity index (χ4n) is 2.76. The fourth-order valence-corrected chi connectivity index (χ4v) is 3.56. The average Bonchev–Trinajstić information content (AvgIpc) is 2.68. The standard InChI is InChI=1S/C16H24N2O3S/c1-22(20,21)12-13-8-10-15(11-9-13)18-16(19)17-14-6-4-2-3-5-7-14/h8-11,14H,2-7,12H2,1H3,(H2,17,18,19). The van der Waals surface area contributed by atoms with Gasteiger partial charge in [0.1, 0.15) is 0 Å². The Morgan fingerprint density at radius 2 is 1.68 bits per heavy atom. The van der Waals surface area contributed by atoms with Crippen LogP contribution in [0, 0.1) is 0 Å². The van der Waals surface area contributed by atoms with Crippen molar-refractivity contribution in [1.29, 1.82) is 0 Å². The molecular formula is C16H24N2O3S. The van der Waals surface area contributed by atoms with Crippen LogP contribution in [-0.2, 0) is 15.6 Å². The predicted octanol–water partition coefficient (Wildman–Crippen LogP) is 3.08. The van der Waals surface area contributed by atoms with Crippen LogP contribution in [0.15, 0.2) is 24.3 Å². The first-order valence-corrected chi connectivity index (χ1v) is 9.82. The van der Waals surface area contributed by atoms with E-state index < -0.39 is 9.84 Å². The van der Waals surface area contributed by atoms with Crippen LogP contribution in [-0.4, -0.2) is 26.7 Å². The number of amides is 2. The third-order valence-electron chi connectivity index (χ3n) is 3.83. The van der Waals surface area contributed by atoms with Crippen molar-refractivity contribution in [2.45, 2.75) is 50.3 Å². The second kappa shape index (κ2) is 7.63. The maximum Gasteiger partial charge on any atom is 0.319 e. The Morgan fingerprint density at radius 3 is 2.23 bits per heavy atom. The van der Waals surface area contributed by atoms with Gasteiger partial charge in [-0.15, -0.1) is 0 Å². The molecular weight excluding hydrogens is 300 g/mol. The molecule has 1 aliphatic carbocycles. The van der Waals surface area contributed by atoms with Gasteiger partial charge in [0.2, 0.25) is 0 Å². The van der Waals surface area contributed by atoms with E-state index in [1.807, 2.05) is 0 Å². The highest BCUT2D eigenvalue weighted by molar-refractivity contribution is 7.89. The molecule has 1 aromatic carbocycles. The number of anilines is 1. The third kappa shape index (κ3) is 6.05. The number of hydrogen-bond acceptors (Lipinski definition) is 3. The summed E-state index contributed by atoms with van der Waals surface area (Å²) in [6.07, 6.45) is 8.14. The van der Waals surface area contributed by atoms with E-state index in [4.69, 9.17) is 0 Å². The average molecular weight is 324 g/mol. The Kier molecular flexibility index (Phi) is 5.83. The van der Waals surface area contributed by atoms with Gasteiger partial charge in [-0.2, -0.15) is 0 Å². The Morgan fingerprint density at radius 1 is 1.09 bits per heavy atom. The number of benzene rings is 1. The highest BCUT2D eigenvalue weighted by Gasteiger charge is 2.14. The zero-order chi connectivity index (χ0) is 16.0. The zero-order valence-electron chi connectivity index (χ0n) is 13.0. The topological polar surface area (TPSA) is 75.3 Å². The fraction of sp³-hybridized carbons (Fsp3) is 0.562. The van der Waals surface area contributed by atoms with Crippen LogP contribution in [0.4, 0.5) is 10.5 Å². The summed E-state index contributed by atoms with van der Waals surface area (Å²) >= 11 is 0. The zero-order valence-corrected chi connectivity index (χ0v) is 13.8. The lowest BCUT2D eigenvalue weighted by atomic mass is 10.1. The maximum absolute atomic E-state index is 12.0. The highest BCUT2D eigenvalue weighted by Crippen LogP contribution is 2.17. The van der Waals surface area contributed by atoms with Crippen molar-refractivity contribution in [3.05, 3.63) is 29.8 Å². The number of sulfone groups is 1. The summed E-state index contributed by atoms with van der Waals surface area (Å²) in [6.45, 7) is 0. The summed E-state index contributed by atoms with van der Waals surface area (Å²) in [4.78, 5) is 12.0. The molecule has 1 saturated carbocycles. The first-order chi connectivity index (χ1) is 10.4. The van der Waals surface area contributed by atoms with E-state index in [9.17, 15) is 13.2 Å². The Bertz CT molecular complexity index is 588. The molecule has 0 unspecified atom stereocenters. The van der Waals surface area contributed by atoms with Crippen molar-refractivity contribution in [2.24, 2.45) is 0 Å². The van der Waals surface area contributed by atoms with Crippen molar-refractivity contribution < 1.29 is 13.2 Å². The maximum atomic E-state index is 12.0. The lowest BCUT2D eigenvalue weighted by Crippen LogP contribution is -2.37. The molecule has 0 saturated heterocycles. The largest absolute Gasteiger partial charge is 0.335 e. The van der Waals surface area contributed by atoms with Gasteiger partial charge in [0.15, 0.2) is 9.84 Å². The SMILES string of the molecule is CS(=O)(=O)Cc1ccc(NC(=O)NC2CCCCCC2)cc1. The lowest BCUT2D eigenvalue weighted by Gasteiger charge is -2.16. The third-order valence-corrected chi connectivity index (χ3v) is 4.69. The van der Waals surface area contributed by atoms with Gasteiger partial charge in [-0.3, -0.25) is 0 Å². The van der Waals surface area contributed by atoms with Gasteiger partial charge < -0.3 is 10.6 Å². The molecule has 0 spiro atoms. The molecule has 122 valence electrons. The van der Waals surface area contributed by atoms with Gasteiger partial charge in [0, 0.05) is 18.0 Å². The summed E-state index contributed by atoms with van der Waals surface area (Å²) in [5.74, 6) is 0.0154. The van der Waals surface area contributed by atoms with Gasteiger partial charge in [-0.1, -0.05) is 37.8 Å². The van der Waals surface area contributed by atoms with Gasteiger partial charge in [0.25, 0.3) is 0 Å². The molecule has 0 radical (unpaired) electrons. The number of rotatable bonds is 4. The number of carbonyl (C=O) groups is 1. The molecule has 0 aliphatic heterocycles. The summed E-state index contributed by atoms with van der Waals surface area (Å²) in [7, 11) is -3.04. The monoisotopic (exact) mass is 324 g/mol. The van der Waals surface area contributed by atoms with Gasteiger partial charge >= 0.3 is 6.03 Å². The molecule has 1 aliphatic rings. The van der Waals surface area contributed by atoms with Gasteiger partial charge in [0.05, 0.1) is 5.75 Å². The van der Waals surface area contributed by atoms with E-state index in [1.165, 1.54) is 31.9 Å². The van der Waals surface area contributed by atoms with E-state index in [-0.39, 0.29) is 17.8 Å². The van der Waals surface area contributed by atoms with Crippen LogP contribution in [0.25, 0.3) is 0 Å². The molecule has 22 heavy (non-hydrogen) atoms. The van der Waals surface area contributed by atoms with Crippen molar-refractivity contribution in [3.63, 3.8) is 0 Å². The van der Waals surface area contributed by atoms with Gasteiger partial charge in [-0.05, 0) is 30.5 Å². The van der Waals surface area contributed by atoms with Crippen LogP contribution in [0.5, 0.6) is 0 Å². The van der Waals surface area contributed by atoms with E-state index in [1.54, 1.807) is 24.3 Å². The number of hydrogen-bond donors (Lipinski definition) is 2. The molecule has 2 N–H and O–H groups in total. The van der Waals surface area contributed by atoms with Crippen molar-refractivity contribution in [1.82, 2.24) is 5.32 Å². The quantitative estimate of drug-likeness (QED) is 0.836. The Labute approximate surface area is 132 Å². The van der Waals surface area contributed by atoms with Crippen LogP contribution < -0.4 is 10.6 Å². The van der Waals surface area contributed by atoms with E-state index in [0.29, 0.717) is 5.69 Å². The lowest BCUT2D eigenvalue weighted by molar-refractivity contribution is 0.247. The second-order valence-electron chi connectivity index (χ2n) is 6.05.